The maximum absolute atomic E-state index is 12.2. The first-order chi connectivity index (χ1) is 9.78. The average molecular weight is 347 g/mol. The average Bonchev–Trinajstić information content (AvgIpc) is 2.37. The molecule has 0 fully saturated rings. The number of benzene rings is 1. The maximum atomic E-state index is 12.2. The minimum Gasteiger partial charge on any atom is -0.478 e. The molecule has 1 heterocycles. The molecular formula is C12H8Cl2N2O4S. The van der Waals surface area contributed by atoms with Crippen LogP contribution in [-0.4, -0.2) is 24.5 Å². The van der Waals surface area contributed by atoms with Crippen LogP contribution in [-0.2, 0) is 10.0 Å². The highest BCUT2D eigenvalue weighted by Gasteiger charge is 2.16. The highest BCUT2D eigenvalue weighted by Crippen LogP contribution is 2.24. The lowest BCUT2D eigenvalue weighted by Gasteiger charge is -2.09. The van der Waals surface area contributed by atoms with Crippen LogP contribution in [0.25, 0.3) is 0 Å². The number of anilines is 1. The minimum absolute atomic E-state index is 0.0194. The summed E-state index contributed by atoms with van der Waals surface area (Å²) in [5.41, 5.74) is -0.120. The fourth-order valence-corrected chi connectivity index (χ4v) is 3.27. The van der Waals surface area contributed by atoms with E-state index in [1.165, 1.54) is 24.4 Å². The van der Waals surface area contributed by atoms with Crippen molar-refractivity contribution in [2.75, 3.05) is 4.72 Å². The van der Waals surface area contributed by atoms with E-state index in [0.717, 1.165) is 12.3 Å². The van der Waals surface area contributed by atoms with E-state index in [0.29, 0.717) is 0 Å². The Kier molecular flexibility index (Phi) is 4.36. The Hall–Kier alpha value is -1.83. The highest BCUT2D eigenvalue weighted by molar-refractivity contribution is 7.92. The van der Waals surface area contributed by atoms with Gasteiger partial charge in [-0.15, -0.1) is 0 Å². The number of aromatic nitrogens is 1. The lowest BCUT2D eigenvalue weighted by Crippen LogP contribution is -2.13. The third-order valence-corrected chi connectivity index (χ3v) is 4.18. The van der Waals surface area contributed by atoms with Gasteiger partial charge in [-0.1, -0.05) is 23.2 Å². The van der Waals surface area contributed by atoms with Gasteiger partial charge in [-0.3, -0.25) is 9.71 Å². The third-order valence-electron chi connectivity index (χ3n) is 2.38. The van der Waals surface area contributed by atoms with Gasteiger partial charge < -0.3 is 5.11 Å². The predicted octanol–water partition coefficient (Wildman–Crippen LogP) is 2.89. The van der Waals surface area contributed by atoms with Crippen LogP contribution in [0.3, 0.4) is 0 Å². The van der Waals surface area contributed by atoms with Gasteiger partial charge in [-0.05, 0) is 24.3 Å². The molecule has 0 aliphatic rings. The number of pyridine rings is 1. The fourth-order valence-electron chi connectivity index (χ4n) is 1.51. The molecule has 0 amide bonds. The molecule has 0 unspecified atom stereocenters. The molecule has 9 heteroatoms. The molecule has 0 aliphatic heterocycles. The fraction of sp³-hybridized carbons (Fsp3) is 0. The Balaban J connectivity index is 2.37. The predicted molar refractivity (Wildman–Crippen MR) is 78.5 cm³/mol. The van der Waals surface area contributed by atoms with Gasteiger partial charge in [-0.2, -0.15) is 0 Å². The summed E-state index contributed by atoms with van der Waals surface area (Å²) >= 11 is 11.5. The van der Waals surface area contributed by atoms with E-state index in [2.05, 4.69) is 9.71 Å². The second kappa shape index (κ2) is 5.88. The first-order valence-electron chi connectivity index (χ1n) is 5.45. The summed E-state index contributed by atoms with van der Waals surface area (Å²) in [6.07, 6.45) is 2.30. The molecule has 0 saturated carbocycles. The van der Waals surface area contributed by atoms with Gasteiger partial charge >= 0.3 is 5.97 Å². The standard InChI is InChI=1S/C12H8Cl2N2O4S/c13-8-2-9(14)4-11(3-8)21(19,20)16-10-1-7(12(17)18)5-15-6-10/h1-6,16H,(H,17,18). The number of hydrogen-bond acceptors (Lipinski definition) is 4. The van der Waals surface area contributed by atoms with E-state index in [1.807, 2.05) is 0 Å². The summed E-state index contributed by atoms with van der Waals surface area (Å²) < 4.78 is 26.6. The van der Waals surface area contributed by atoms with Gasteiger partial charge in [0.1, 0.15) is 0 Å². The van der Waals surface area contributed by atoms with E-state index in [-0.39, 0.29) is 26.2 Å². The van der Waals surface area contributed by atoms with Crippen LogP contribution < -0.4 is 4.72 Å². The molecule has 0 radical (unpaired) electrons. The van der Waals surface area contributed by atoms with Crippen LogP contribution in [0.15, 0.2) is 41.6 Å². The normalized spacial score (nSPS) is 11.1. The maximum Gasteiger partial charge on any atom is 0.337 e. The first-order valence-corrected chi connectivity index (χ1v) is 7.69. The lowest BCUT2D eigenvalue weighted by atomic mass is 10.3. The van der Waals surface area contributed by atoms with Crippen LogP contribution in [0.4, 0.5) is 5.69 Å². The van der Waals surface area contributed by atoms with Gasteiger partial charge in [0.2, 0.25) is 0 Å². The largest absolute Gasteiger partial charge is 0.478 e. The van der Waals surface area contributed by atoms with Crippen LogP contribution in [0, 0.1) is 0 Å². The first kappa shape index (κ1) is 15.6. The van der Waals surface area contributed by atoms with Gasteiger partial charge in [0, 0.05) is 16.2 Å². The quantitative estimate of drug-likeness (QED) is 0.887. The number of sulfonamides is 1. The Morgan fingerprint density at radius 2 is 1.71 bits per heavy atom. The number of hydrogen-bond donors (Lipinski definition) is 2. The molecule has 6 nitrogen and oxygen atoms in total. The monoisotopic (exact) mass is 346 g/mol. The van der Waals surface area contributed by atoms with E-state index in [4.69, 9.17) is 28.3 Å². The summed E-state index contributed by atoms with van der Waals surface area (Å²) in [6, 6.07) is 5.00. The molecule has 0 aliphatic carbocycles. The van der Waals surface area contributed by atoms with Crippen LogP contribution >= 0.6 is 23.2 Å². The van der Waals surface area contributed by atoms with Crippen molar-refractivity contribution < 1.29 is 18.3 Å². The number of halogens is 2. The molecule has 2 rings (SSSR count). The summed E-state index contributed by atoms with van der Waals surface area (Å²) in [6.45, 7) is 0. The number of nitrogens with one attached hydrogen (secondary N) is 1. The van der Waals surface area contributed by atoms with Gasteiger partial charge in [0.15, 0.2) is 0 Å². The summed E-state index contributed by atoms with van der Waals surface area (Å²) in [4.78, 5) is 14.3. The van der Waals surface area contributed by atoms with Crippen molar-refractivity contribution in [3.8, 4) is 0 Å². The summed E-state index contributed by atoms with van der Waals surface area (Å²) in [7, 11) is -3.95. The smallest absolute Gasteiger partial charge is 0.337 e. The zero-order chi connectivity index (χ0) is 15.6. The van der Waals surface area contributed by atoms with Gasteiger partial charge in [0.05, 0.1) is 22.3 Å². The van der Waals surface area contributed by atoms with Crippen molar-refractivity contribution in [2.24, 2.45) is 0 Å². The molecule has 2 N–H and O–H groups in total. The summed E-state index contributed by atoms with van der Waals surface area (Å²) in [5.74, 6) is -1.21. The van der Waals surface area contributed by atoms with E-state index in [9.17, 15) is 13.2 Å². The summed E-state index contributed by atoms with van der Waals surface area (Å²) in [5, 5.41) is 9.18. The lowest BCUT2D eigenvalue weighted by molar-refractivity contribution is 0.0696. The number of carboxylic acid groups (broad SMARTS) is 1. The van der Waals surface area contributed by atoms with E-state index >= 15 is 0 Å². The molecule has 2 aromatic rings. The van der Waals surface area contributed by atoms with Crippen molar-refractivity contribution in [1.29, 1.82) is 0 Å². The number of carboxylic acids is 1. The Morgan fingerprint density at radius 3 is 2.29 bits per heavy atom. The second-order valence-electron chi connectivity index (χ2n) is 3.98. The van der Waals surface area contributed by atoms with E-state index in [1.54, 1.807) is 0 Å². The molecule has 21 heavy (non-hydrogen) atoms. The molecule has 1 aromatic heterocycles. The molecular weight excluding hydrogens is 339 g/mol. The SMILES string of the molecule is O=C(O)c1cncc(NS(=O)(=O)c2cc(Cl)cc(Cl)c2)c1. The van der Waals surface area contributed by atoms with Crippen molar-refractivity contribution >= 4 is 44.9 Å². The van der Waals surface area contributed by atoms with Crippen molar-refractivity contribution in [3.05, 3.63) is 52.3 Å². The van der Waals surface area contributed by atoms with E-state index < -0.39 is 16.0 Å². The molecule has 0 saturated heterocycles. The van der Waals surface area contributed by atoms with Gasteiger partial charge in [0.25, 0.3) is 10.0 Å². The Bertz CT molecular complexity index is 788. The number of rotatable bonds is 4. The Labute approximate surface area is 130 Å². The Morgan fingerprint density at radius 1 is 1.10 bits per heavy atom. The number of carbonyl (C=O) groups is 1. The van der Waals surface area contributed by atoms with Crippen LogP contribution in [0.5, 0.6) is 0 Å². The molecule has 0 atom stereocenters. The molecule has 0 spiro atoms. The topological polar surface area (TPSA) is 96.4 Å². The van der Waals surface area contributed by atoms with Crippen molar-refractivity contribution in [1.82, 2.24) is 4.98 Å². The van der Waals surface area contributed by atoms with Crippen LogP contribution in [0.1, 0.15) is 10.4 Å². The molecule has 1 aromatic carbocycles. The zero-order valence-corrected chi connectivity index (χ0v) is 12.6. The molecule has 110 valence electrons. The number of nitrogens with zero attached hydrogens (tertiary/aromatic N) is 1. The number of aromatic carboxylic acids is 1. The van der Waals surface area contributed by atoms with Crippen molar-refractivity contribution in [2.45, 2.75) is 4.90 Å². The van der Waals surface area contributed by atoms with Gasteiger partial charge in [-0.25, -0.2) is 13.2 Å². The minimum atomic E-state index is -3.95. The molecule has 0 bridgehead atoms. The zero-order valence-electron chi connectivity index (χ0n) is 10.2. The second-order valence-corrected chi connectivity index (χ2v) is 6.53. The highest BCUT2D eigenvalue weighted by atomic mass is 35.5. The van der Waals surface area contributed by atoms with Crippen molar-refractivity contribution in [3.63, 3.8) is 0 Å². The third kappa shape index (κ3) is 3.84. The van der Waals surface area contributed by atoms with Crippen LogP contribution in [0.2, 0.25) is 10.0 Å².